The number of piperazine rings is 1. The van der Waals surface area contributed by atoms with Gasteiger partial charge in [0.05, 0.1) is 6.54 Å². The molecule has 0 aliphatic carbocycles. The summed E-state index contributed by atoms with van der Waals surface area (Å²) in [5.74, 6) is 0.104. The van der Waals surface area contributed by atoms with Crippen LogP contribution in [0.4, 0.5) is 0 Å². The quantitative estimate of drug-likeness (QED) is 0.705. The fraction of sp³-hybridized carbons (Fsp3) is 0.500. The largest absolute Gasteiger partial charge is 0.349 e. The first-order chi connectivity index (χ1) is 12.3. The first kappa shape index (κ1) is 19.3. The Morgan fingerprint density at radius 3 is 2.42 bits per heavy atom. The number of nitrogens with zero attached hydrogens (tertiary/aromatic N) is 3. The van der Waals surface area contributed by atoms with Gasteiger partial charge >= 0.3 is 0 Å². The minimum Gasteiger partial charge on any atom is -0.349 e. The predicted octanol–water partition coefficient (Wildman–Crippen LogP) is 2.38. The van der Waals surface area contributed by atoms with Gasteiger partial charge in [-0.05, 0) is 38.3 Å². The average molecular weight is 396 g/mol. The molecule has 1 saturated heterocycles. The van der Waals surface area contributed by atoms with Crippen molar-refractivity contribution in [2.45, 2.75) is 31.5 Å². The Kier molecular flexibility index (Phi) is 5.67. The van der Waals surface area contributed by atoms with E-state index < -0.39 is 10.0 Å². The summed E-state index contributed by atoms with van der Waals surface area (Å²) < 4.78 is 29.2. The zero-order valence-corrected chi connectivity index (χ0v) is 17.1. The number of hydrogen-bond donors (Lipinski definition) is 0. The van der Waals surface area contributed by atoms with Crippen LogP contribution in [0, 0.1) is 13.8 Å². The van der Waals surface area contributed by atoms with Gasteiger partial charge in [-0.15, -0.1) is 11.3 Å². The van der Waals surface area contributed by atoms with Gasteiger partial charge < -0.3 is 4.57 Å². The molecule has 0 N–H and O–H groups in total. The van der Waals surface area contributed by atoms with Crippen molar-refractivity contribution in [3.05, 3.63) is 40.5 Å². The Balaban J connectivity index is 1.62. The number of thiophene rings is 1. The molecule has 0 saturated carbocycles. The molecule has 0 unspecified atom stereocenters. The van der Waals surface area contributed by atoms with Crippen molar-refractivity contribution in [3.8, 4) is 0 Å². The van der Waals surface area contributed by atoms with Crippen LogP contribution in [0.15, 0.2) is 27.8 Å². The van der Waals surface area contributed by atoms with Gasteiger partial charge in [-0.25, -0.2) is 8.42 Å². The Morgan fingerprint density at radius 1 is 1.19 bits per heavy atom. The third-order valence-corrected chi connectivity index (χ3v) is 8.25. The molecule has 26 heavy (non-hydrogen) atoms. The number of aryl methyl sites for hydroxylation is 1. The zero-order valence-electron chi connectivity index (χ0n) is 15.4. The summed E-state index contributed by atoms with van der Waals surface area (Å²) in [5.41, 5.74) is 2.88. The van der Waals surface area contributed by atoms with E-state index in [1.165, 1.54) is 15.6 Å². The highest BCUT2D eigenvalue weighted by atomic mass is 32.2. The molecule has 1 aliphatic heterocycles. The molecule has 6 nitrogen and oxygen atoms in total. The number of carbonyl (C=O) groups is 1. The molecule has 3 rings (SSSR count). The normalized spacial score (nSPS) is 16.9. The third-order valence-electron chi connectivity index (χ3n) is 4.98. The van der Waals surface area contributed by atoms with Crippen molar-refractivity contribution < 1.29 is 13.2 Å². The van der Waals surface area contributed by atoms with Gasteiger partial charge in [0, 0.05) is 49.7 Å². The van der Waals surface area contributed by atoms with Crippen molar-refractivity contribution in [2.24, 2.45) is 0 Å². The SMILES string of the molecule is CCn1c(C)cc(C(=O)CN2CCN(S(=O)(=O)c3cccs3)CC2)c1C. The minimum atomic E-state index is -3.40. The van der Waals surface area contributed by atoms with E-state index in [2.05, 4.69) is 11.5 Å². The summed E-state index contributed by atoms with van der Waals surface area (Å²) in [6.45, 7) is 9.23. The number of rotatable bonds is 6. The summed E-state index contributed by atoms with van der Waals surface area (Å²) in [6, 6.07) is 5.34. The summed E-state index contributed by atoms with van der Waals surface area (Å²) in [4.78, 5) is 14.7. The fourth-order valence-electron chi connectivity index (χ4n) is 3.52. The summed E-state index contributed by atoms with van der Waals surface area (Å²) in [7, 11) is -3.40. The lowest BCUT2D eigenvalue weighted by Crippen LogP contribution is -2.49. The van der Waals surface area contributed by atoms with Gasteiger partial charge in [0.25, 0.3) is 10.0 Å². The molecule has 0 atom stereocenters. The van der Waals surface area contributed by atoms with Crippen LogP contribution >= 0.6 is 11.3 Å². The molecular formula is C18H25N3O3S2. The minimum absolute atomic E-state index is 0.104. The van der Waals surface area contributed by atoms with Crippen molar-refractivity contribution in [1.29, 1.82) is 0 Å². The van der Waals surface area contributed by atoms with Crippen molar-refractivity contribution in [1.82, 2.24) is 13.8 Å². The summed E-state index contributed by atoms with van der Waals surface area (Å²) >= 11 is 1.24. The van der Waals surface area contributed by atoms with Crippen LogP contribution in [0.5, 0.6) is 0 Å². The maximum absolute atomic E-state index is 12.7. The van der Waals surface area contributed by atoms with Gasteiger partial charge in [0.1, 0.15) is 4.21 Å². The third kappa shape index (κ3) is 3.64. The van der Waals surface area contributed by atoms with E-state index >= 15 is 0 Å². The molecule has 0 radical (unpaired) electrons. The zero-order chi connectivity index (χ0) is 18.9. The maximum atomic E-state index is 12.7. The molecule has 0 spiro atoms. The van der Waals surface area contributed by atoms with Gasteiger partial charge in [-0.2, -0.15) is 4.31 Å². The lowest BCUT2D eigenvalue weighted by molar-refractivity contribution is 0.0901. The van der Waals surface area contributed by atoms with E-state index in [4.69, 9.17) is 0 Å². The Hall–Kier alpha value is -1.48. The fourth-order valence-corrected chi connectivity index (χ4v) is 6.09. The lowest BCUT2D eigenvalue weighted by atomic mass is 10.1. The van der Waals surface area contributed by atoms with Gasteiger partial charge in [-0.1, -0.05) is 6.07 Å². The van der Waals surface area contributed by atoms with E-state index in [1.54, 1.807) is 17.5 Å². The number of Topliss-reactive ketones (excluding diaryl/α,β-unsaturated/α-hetero) is 1. The molecule has 142 valence electrons. The highest BCUT2D eigenvalue weighted by Crippen LogP contribution is 2.22. The Labute approximate surface area is 159 Å². The van der Waals surface area contributed by atoms with Crippen LogP contribution < -0.4 is 0 Å². The number of aromatic nitrogens is 1. The topological polar surface area (TPSA) is 62.6 Å². The average Bonchev–Trinajstić information content (AvgIpc) is 3.24. The summed E-state index contributed by atoms with van der Waals surface area (Å²) in [5, 5.41) is 1.77. The predicted molar refractivity (Wildman–Crippen MR) is 103 cm³/mol. The van der Waals surface area contributed by atoms with Crippen molar-refractivity contribution in [2.75, 3.05) is 32.7 Å². The molecule has 8 heteroatoms. The molecule has 3 heterocycles. The maximum Gasteiger partial charge on any atom is 0.252 e. The number of carbonyl (C=O) groups excluding carboxylic acids is 1. The van der Waals surface area contributed by atoms with E-state index in [1.807, 2.05) is 24.8 Å². The van der Waals surface area contributed by atoms with E-state index in [0.717, 1.165) is 23.5 Å². The monoisotopic (exact) mass is 395 g/mol. The van der Waals surface area contributed by atoms with Crippen molar-refractivity contribution >= 4 is 27.1 Å². The van der Waals surface area contributed by atoms with Crippen molar-refractivity contribution in [3.63, 3.8) is 0 Å². The van der Waals surface area contributed by atoms with E-state index in [9.17, 15) is 13.2 Å². The second-order valence-corrected chi connectivity index (χ2v) is 9.68. The first-order valence-electron chi connectivity index (χ1n) is 8.80. The number of sulfonamides is 1. The van der Waals surface area contributed by atoms with Crippen LogP contribution in [0.2, 0.25) is 0 Å². The molecule has 0 aromatic carbocycles. The molecule has 0 bridgehead atoms. The molecule has 0 amide bonds. The molecule has 1 aliphatic rings. The lowest BCUT2D eigenvalue weighted by Gasteiger charge is -2.33. The van der Waals surface area contributed by atoms with Crippen LogP contribution in [-0.2, 0) is 16.6 Å². The van der Waals surface area contributed by atoms with Gasteiger partial charge in [0.15, 0.2) is 5.78 Å². The van der Waals surface area contributed by atoms with Crippen LogP contribution in [0.3, 0.4) is 0 Å². The first-order valence-corrected chi connectivity index (χ1v) is 11.1. The van der Waals surface area contributed by atoms with Crippen LogP contribution in [0.1, 0.15) is 28.7 Å². The Bertz CT molecular complexity index is 877. The molecule has 1 fully saturated rings. The number of hydrogen-bond acceptors (Lipinski definition) is 5. The van der Waals surface area contributed by atoms with Crippen LogP contribution in [0.25, 0.3) is 0 Å². The van der Waals surface area contributed by atoms with Gasteiger partial charge in [-0.3, -0.25) is 9.69 Å². The second kappa shape index (κ2) is 7.64. The van der Waals surface area contributed by atoms with Gasteiger partial charge in [0.2, 0.25) is 0 Å². The molecular weight excluding hydrogens is 370 g/mol. The van der Waals surface area contributed by atoms with E-state index in [-0.39, 0.29) is 5.78 Å². The van der Waals surface area contributed by atoms with Crippen LogP contribution in [-0.4, -0.2) is 60.7 Å². The Morgan fingerprint density at radius 2 is 1.88 bits per heavy atom. The second-order valence-electron chi connectivity index (χ2n) is 6.56. The number of ketones is 1. The standard InChI is InChI=1S/C18H25N3O3S2/c1-4-21-14(2)12-16(15(21)3)17(22)13-19-7-9-20(10-8-19)26(23,24)18-6-5-11-25-18/h5-6,11-12H,4,7-10,13H2,1-3H3. The highest BCUT2D eigenvalue weighted by molar-refractivity contribution is 7.91. The molecule has 2 aromatic heterocycles. The van der Waals surface area contributed by atoms with E-state index in [0.29, 0.717) is 36.9 Å². The molecule has 2 aromatic rings. The smallest absolute Gasteiger partial charge is 0.252 e. The summed E-state index contributed by atoms with van der Waals surface area (Å²) in [6.07, 6.45) is 0. The highest BCUT2D eigenvalue weighted by Gasteiger charge is 2.30.